The van der Waals surface area contributed by atoms with Crippen LogP contribution < -0.4 is 5.19 Å². The highest BCUT2D eigenvalue weighted by atomic mass is 28.3. The van der Waals surface area contributed by atoms with Gasteiger partial charge in [0.1, 0.15) is 13.8 Å². The number of hydrogen-bond acceptors (Lipinski definition) is 4. The Labute approximate surface area is 195 Å². The second-order valence-electron chi connectivity index (χ2n) is 8.52. The molecule has 0 spiro atoms. The van der Waals surface area contributed by atoms with Gasteiger partial charge in [-0.2, -0.15) is 0 Å². The number of benzene rings is 3. The molecule has 5 nitrogen and oxygen atoms in total. The first-order valence-electron chi connectivity index (χ1n) is 11.1. The Morgan fingerprint density at radius 3 is 2.18 bits per heavy atom. The third-order valence-corrected chi connectivity index (χ3v) is 9.32. The van der Waals surface area contributed by atoms with Crippen molar-refractivity contribution in [2.45, 2.75) is 38.1 Å². The molecular weight excluding hydrogens is 430 g/mol. The minimum absolute atomic E-state index is 0.0552. The summed E-state index contributed by atoms with van der Waals surface area (Å²) in [6, 6.07) is 26.1. The molecule has 0 saturated heterocycles. The van der Waals surface area contributed by atoms with Crippen LogP contribution in [0.4, 0.5) is 5.69 Å². The number of hydrogen-bond donors (Lipinski definition) is 0. The lowest BCUT2D eigenvalue weighted by atomic mass is 10.1. The molecule has 0 aliphatic carbocycles. The van der Waals surface area contributed by atoms with E-state index >= 15 is 0 Å². The van der Waals surface area contributed by atoms with Gasteiger partial charge in [-0.1, -0.05) is 91.1 Å². The van der Waals surface area contributed by atoms with Crippen molar-refractivity contribution in [3.8, 4) is 0 Å². The number of allylic oxidation sites excluding steroid dienone is 1. The summed E-state index contributed by atoms with van der Waals surface area (Å²) in [4.78, 5) is 23.3. The van der Waals surface area contributed by atoms with Gasteiger partial charge in [-0.3, -0.25) is 10.1 Å². The van der Waals surface area contributed by atoms with Gasteiger partial charge in [0.2, 0.25) is 0 Å². The normalized spacial score (nSPS) is 12.4. The van der Waals surface area contributed by atoms with Crippen LogP contribution in [0.5, 0.6) is 0 Å². The zero-order valence-electron chi connectivity index (χ0n) is 19.0. The van der Waals surface area contributed by atoms with E-state index < -0.39 is 19.0 Å². The maximum Gasteiger partial charge on any atom is 0.338 e. The molecule has 1 atom stereocenters. The number of unbranched alkanes of at least 4 members (excludes halogenated alkanes) is 1. The molecule has 0 saturated carbocycles. The first kappa shape index (κ1) is 24.1. The van der Waals surface area contributed by atoms with Gasteiger partial charge in [-0.15, -0.1) is 0 Å². The SMILES string of the molecule is C[Si](C)(c1ccccc1)[C@@H](/C=C/CCCc1ccccc1)OC(=O)c1ccc([N+](=O)[O-])cc1. The fourth-order valence-electron chi connectivity index (χ4n) is 3.65. The van der Waals surface area contributed by atoms with Crippen molar-refractivity contribution < 1.29 is 14.5 Å². The highest BCUT2D eigenvalue weighted by molar-refractivity contribution is 6.91. The minimum Gasteiger partial charge on any atom is -0.458 e. The molecule has 3 aromatic rings. The molecule has 0 N–H and O–H groups in total. The summed E-state index contributed by atoms with van der Waals surface area (Å²) >= 11 is 0. The quantitative estimate of drug-likeness (QED) is 0.0952. The van der Waals surface area contributed by atoms with E-state index in [0.29, 0.717) is 5.56 Å². The van der Waals surface area contributed by atoms with Crippen LogP contribution in [0.25, 0.3) is 0 Å². The van der Waals surface area contributed by atoms with E-state index in [-0.39, 0.29) is 11.4 Å². The average molecular weight is 460 g/mol. The van der Waals surface area contributed by atoms with Crippen LogP contribution in [-0.4, -0.2) is 24.7 Å². The molecule has 3 rings (SSSR count). The molecule has 0 radical (unpaired) electrons. The third kappa shape index (κ3) is 6.73. The number of carbonyl (C=O) groups excluding carboxylic acids is 1. The molecule has 0 fully saturated rings. The third-order valence-electron chi connectivity index (χ3n) is 5.77. The molecule has 170 valence electrons. The molecule has 0 unspecified atom stereocenters. The van der Waals surface area contributed by atoms with Gasteiger partial charge < -0.3 is 4.74 Å². The number of nitro groups is 1. The van der Waals surface area contributed by atoms with Gasteiger partial charge in [0.25, 0.3) is 5.69 Å². The summed E-state index contributed by atoms with van der Waals surface area (Å²) in [7, 11) is -2.20. The van der Waals surface area contributed by atoms with Crippen molar-refractivity contribution in [2.75, 3.05) is 0 Å². The van der Waals surface area contributed by atoms with E-state index in [9.17, 15) is 14.9 Å². The molecule has 6 heteroatoms. The van der Waals surface area contributed by atoms with E-state index in [1.165, 1.54) is 35.0 Å². The smallest absolute Gasteiger partial charge is 0.338 e. The van der Waals surface area contributed by atoms with Crippen LogP contribution >= 0.6 is 0 Å². The average Bonchev–Trinajstić information content (AvgIpc) is 2.84. The number of nitrogens with zero attached hydrogens (tertiary/aromatic N) is 1. The molecule has 0 aliphatic heterocycles. The lowest BCUT2D eigenvalue weighted by Crippen LogP contribution is -2.53. The number of carbonyl (C=O) groups is 1. The van der Waals surface area contributed by atoms with Crippen LogP contribution in [-0.2, 0) is 11.2 Å². The second kappa shape index (κ2) is 11.4. The summed E-state index contributed by atoms with van der Waals surface area (Å²) in [5.41, 5.74) is 1.20. The Morgan fingerprint density at radius 2 is 1.58 bits per heavy atom. The Bertz CT molecular complexity index is 1080. The van der Waals surface area contributed by atoms with Crippen LogP contribution in [0.15, 0.2) is 97.1 Å². The van der Waals surface area contributed by atoms with Gasteiger partial charge in [-0.25, -0.2) is 4.79 Å². The Kier molecular flexibility index (Phi) is 8.32. The Hall–Kier alpha value is -3.51. The van der Waals surface area contributed by atoms with Gasteiger partial charge in [0.05, 0.1) is 10.5 Å². The molecule has 33 heavy (non-hydrogen) atoms. The van der Waals surface area contributed by atoms with Crippen LogP contribution in [0.2, 0.25) is 13.1 Å². The summed E-state index contributed by atoms with van der Waals surface area (Å²) in [6.45, 7) is 4.37. The monoisotopic (exact) mass is 459 g/mol. The highest BCUT2D eigenvalue weighted by Gasteiger charge is 2.35. The number of aryl methyl sites for hydroxylation is 1. The van der Waals surface area contributed by atoms with Crippen molar-refractivity contribution in [3.63, 3.8) is 0 Å². The fourth-order valence-corrected chi connectivity index (χ4v) is 6.05. The molecule has 0 aliphatic rings. The summed E-state index contributed by atoms with van der Waals surface area (Å²) in [6.07, 6.45) is 7.02. The fraction of sp³-hybridized carbons (Fsp3) is 0.222. The highest BCUT2D eigenvalue weighted by Crippen LogP contribution is 2.19. The Morgan fingerprint density at radius 1 is 0.970 bits per heavy atom. The number of esters is 1. The van der Waals surface area contributed by atoms with E-state index in [2.05, 4.69) is 43.4 Å². The molecule has 0 heterocycles. The first-order chi connectivity index (χ1) is 15.9. The largest absolute Gasteiger partial charge is 0.458 e. The van der Waals surface area contributed by atoms with Crippen molar-refractivity contribution in [2.24, 2.45) is 0 Å². The van der Waals surface area contributed by atoms with E-state index in [1.54, 1.807) is 0 Å². The van der Waals surface area contributed by atoms with E-state index in [1.807, 2.05) is 42.5 Å². The standard InChI is InChI=1S/C27H29NO4Si/c1-33(2,25-15-9-5-10-16-25)26(17-11-4-8-14-22-12-6-3-7-13-22)32-27(29)23-18-20-24(21-19-23)28(30)31/h3,5-7,9-13,15-21,26H,4,8,14H2,1-2H3/b17-11+/t26-/m0/s1. The topological polar surface area (TPSA) is 69.4 Å². The predicted octanol–water partition coefficient (Wildman–Crippen LogP) is 5.85. The number of ether oxygens (including phenoxy) is 1. The van der Waals surface area contributed by atoms with Crippen molar-refractivity contribution in [1.29, 1.82) is 0 Å². The van der Waals surface area contributed by atoms with E-state index in [4.69, 9.17) is 4.74 Å². The zero-order chi connectivity index (χ0) is 23.7. The maximum absolute atomic E-state index is 12.9. The molecule has 0 bridgehead atoms. The number of rotatable bonds is 10. The van der Waals surface area contributed by atoms with Crippen LogP contribution in [0.1, 0.15) is 28.8 Å². The summed E-state index contributed by atoms with van der Waals surface area (Å²) in [5, 5.41) is 12.1. The number of non-ortho nitro benzene ring substituents is 1. The van der Waals surface area contributed by atoms with Gasteiger partial charge in [-0.05, 0) is 37.0 Å². The lowest BCUT2D eigenvalue weighted by molar-refractivity contribution is -0.384. The molecular formula is C27H29NO4Si. The Balaban J connectivity index is 1.73. The lowest BCUT2D eigenvalue weighted by Gasteiger charge is -2.30. The van der Waals surface area contributed by atoms with Gasteiger partial charge in [0.15, 0.2) is 0 Å². The maximum atomic E-state index is 12.9. The second-order valence-corrected chi connectivity index (χ2v) is 13.1. The summed E-state index contributed by atoms with van der Waals surface area (Å²) < 4.78 is 5.99. The zero-order valence-corrected chi connectivity index (χ0v) is 20.0. The van der Waals surface area contributed by atoms with Crippen LogP contribution in [0, 0.1) is 10.1 Å². The molecule has 0 aromatic heterocycles. The molecule has 3 aromatic carbocycles. The van der Waals surface area contributed by atoms with Crippen LogP contribution in [0.3, 0.4) is 0 Å². The minimum atomic E-state index is -2.20. The van der Waals surface area contributed by atoms with Crippen molar-refractivity contribution in [3.05, 3.63) is 118 Å². The van der Waals surface area contributed by atoms with Crippen molar-refractivity contribution >= 4 is 24.9 Å². The van der Waals surface area contributed by atoms with E-state index in [0.717, 1.165) is 19.3 Å². The predicted molar refractivity (Wildman–Crippen MR) is 134 cm³/mol. The summed E-state index contributed by atoms with van der Waals surface area (Å²) in [5.74, 6) is -0.472. The van der Waals surface area contributed by atoms with Gasteiger partial charge >= 0.3 is 5.97 Å². The van der Waals surface area contributed by atoms with Crippen molar-refractivity contribution in [1.82, 2.24) is 0 Å². The molecule has 0 amide bonds. The van der Waals surface area contributed by atoms with Gasteiger partial charge in [0, 0.05) is 12.1 Å². The first-order valence-corrected chi connectivity index (χ1v) is 14.2. The number of nitro benzene ring substituents is 1.